The summed E-state index contributed by atoms with van der Waals surface area (Å²) in [4.78, 5) is 11.5. The number of halogens is 3. The molecular formula is C12H15F3N2O. The van der Waals surface area contributed by atoms with Gasteiger partial charge < -0.3 is 11.1 Å². The van der Waals surface area contributed by atoms with Gasteiger partial charge >= 0.3 is 6.18 Å². The Bertz CT molecular complexity index is 418. The van der Waals surface area contributed by atoms with Crippen molar-refractivity contribution in [1.29, 1.82) is 0 Å². The Balaban J connectivity index is 2.77. The number of benzene rings is 1. The number of carbonyl (C=O) groups is 1. The van der Waals surface area contributed by atoms with Gasteiger partial charge in [-0.25, -0.2) is 0 Å². The first-order valence-corrected chi connectivity index (χ1v) is 5.58. The van der Waals surface area contributed by atoms with Crippen molar-refractivity contribution < 1.29 is 18.0 Å². The van der Waals surface area contributed by atoms with Crippen molar-refractivity contribution in [1.82, 2.24) is 0 Å². The van der Waals surface area contributed by atoms with Crippen molar-refractivity contribution in [2.24, 2.45) is 5.73 Å². The summed E-state index contributed by atoms with van der Waals surface area (Å²) < 4.78 is 37.3. The number of carbonyl (C=O) groups excluding carboxylic acids is 1. The zero-order chi connectivity index (χ0) is 13.8. The highest BCUT2D eigenvalue weighted by Gasteiger charge is 2.30. The lowest BCUT2D eigenvalue weighted by Gasteiger charge is -2.13. The minimum absolute atomic E-state index is 0.0985. The second-order valence-corrected chi connectivity index (χ2v) is 3.96. The van der Waals surface area contributed by atoms with E-state index in [1.807, 2.05) is 6.92 Å². The van der Waals surface area contributed by atoms with Crippen LogP contribution in [0.4, 0.5) is 18.9 Å². The molecule has 0 bridgehead atoms. The summed E-state index contributed by atoms with van der Waals surface area (Å²) in [6.07, 6.45) is -3.20. The van der Waals surface area contributed by atoms with E-state index in [9.17, 15) is 18.0 Å². The first kappa shape index (κ1) is 14.5. The van der Waals surface area contributed by atoms with Crippen molar-refractivity contribution in [3.8, 4) is 0 Å². The molecule has 0 aromatic heterocycles. The van der Waals surface area contributed by atoms with E-state index in [2.05, 4.69) is 5.32 Å². The summed E-state index contributed by atoms with van der Waals surface area (Å²) in [6.45, 7) is 1.87. The van der Waals surface area contributed by atoms with Gasteiger partial charge in [-0.2, -0.15) is 13.2 Å². The fourth-order valence-electron chi connectivity index (χ4n) is 1.45. The van der Waals surface area contributed by atoms with Gasteiger partial charge in [0.1, 0.15) is 0 Å². The fourth-order valence-corrected chi connectivity index (χ4v) is 1.45. The molecule has 0 aliphatic carbocycles. The summed E-state index contributed by atoms with van der Waals surface area (Å²) in [5.41, 5.74) is 4.86. The Labute approximate surface area is 103 Å². The van der Waals surface area contributed by atoms with Crippen molar-refractivity contribution in [3.63, 3.8) is 0 Å². The average Bonchev–Trinajstić information content (AvgIpc) is 2.28. The first-order chi connectivity index (χ1) is 8.34. The highest BCUT2D eigenvalue weighted by Crippen LogP contribution is 2.30. The maximum Gasteiger partial charge on any atom is 0.416 e. The fraction of sp³-hybridized carbons (Fsp3) is 0.417. The molecule has 0 saturated carbocycles. The van der Waals surface area contributed by atoms with Crippen LogP contribution in [-0.4, -0.2) is 11.9 Å². The standard InChI is InChI=1S/C12H15F3N2O/c1-2-4-10(16)11(18)17-9-6-3-5-8(7-9)12(13,14)15/h3,5-7,10H,2,4,16H2,1H3,(H,17,18). The van der Waals surface area contributed by atoms with Crippen molar-refractivity contribution in [2.75, 3.05) is 5.32 Å². The maximum absolute atomic E-state index is 12.4. The van der Waals surface area contributed by atoms with E-state index < -0.39 is 23.7 Å². The molecule has 1 rings (SSSR count). The number of anilines is 1. The molecule has 1 aromatic carbocycles. The van der Waals surface area contributed by atoms with Crippen LogP contribution in [0.3, 0.4) is 0 Å². The monoisotopic (exact) mass is 260 g/mol. The third-order valence-electron chi connectivity index (χ3n) is 2.39. The predicted molar refractivity (Wildman–Crippen MR) is 63.0 cm³/mol. The van der Waals surface area contributed by atoms with Gasteiger partial charge in [0.2, 0.25) is 5.91 Å². The van der Waals surface area contributed by atoms with Crippen molar-refractivity contribution in [3.05, 3.63) is 29.8 Å². The molecule has 0 radical (unpaired) electrons. The summed E-state index contributed by atoms with van der Waals surface area (Å²) in [5.74, 6) is -0.476. The molecule has 0 spiro atoms. The predicted octanol–water partition coefficient (Wildman–Crippen LogP) is 2.77. The second-order valence-electron chi connectivity index (χ2n) is 3.96. The van der Waals surface area contributed by atoms with Gasteiger partial charge in [-0.3, -0.25) is 4.79 Å². The molecule has 1 unspecified atom stereocenters. The van der Waals surface area contributed by atoms with E-state index >= 15 is 0 Å². The Morgan fingerprint density at radius 3 is 2.67 bits per heavy atom. The zero-order valence-electron chi connectivity index (χ0n) is 9.92. The van der Waals surface area contributed by atoms with E-state index in [1.165, 1.54) is 12.1 Å². The Morgan fingerprint density at radius 1 is 1.44 bits per heavy atom. The minimum atomic E-state index is -4.42. The average molecular weight is 260 g/mol. The lowest BCUT2D eigenvalue weighted by Crippen LogP contribution is -2.35. The van der Waals surface area contributed by atoms with Crippen LogP contribution in [0, 0.1) is 0 Å². The minimum Gasteiger partial charge on any atom is -0.325 e. The summed E-state index contributed by atoms with van der Waals surface area (Å²) >= 11 is 0. The van der Waals surface area contributed by atoms with E-state index in [0.717, 1.165) is 18.6 Å². The molecule has 18 heavy (non-hydrogen) atoms. The molecule has 0 aliphatic rings. The maximum atomic E-state index is 12.4. The van der Waals surface area contributed by atoms with Gasteiger partial charge in [-0.1, -0.05) is 19.4 Å². The normalized spacial score (nSPS) is 13.2. The van der Waals surface area contributed by atoms with Crippen LogP contribution >= 0.6 is 0 Å². The quantitative estimate of drug-likeness (QED) is 0.874. The van der Waals surface area contributed by atoms with Gasteiger partial charge in [0.25, 0.3) is 0 Å². The van der Waals surface area contributed by atoms with Crippen molar-refractivity contribution >= 4 is 11.6 Å². The number of hydrogen-bond acceptors (Lipinski definition) is 2. The molecular weight excluding hydrogens is 245 g/mol. The lowest BCUT2D eigenvalue weighted by atomic mass is 10.1. The van der Waals surface area contributed by atoms with Gasteiger partial charge in [0.05, 0.1) is 11.6 Å². The third-order valence-corrected chi connectivity index (χ3v) is 2.39. The van der Waals surface area contributed by atoms with Crippen LogP contribution < -0.4 is 11.1 Å². The molecule has 0 aliphatic heterocycles. The highest BCUT2D eigenvalue weighted by molar-refractivity contribution is 5.94. The Hall–Kier alpha value is -1.56. The third kappa shape index (κ3) is 4.03. The van der Waals surface area contributed by atoms with Crippen LogP contribution in [0.15, 0.2) is 24.3 Å². The van der Waals surface area contributed by atoms with Crippen LogP contribution in [0.1, 0.15) is 25.3 Å². The SMILES string of the molecule is CCCC(N)C(=O)Nc1cccc(C(F)(F)F)c1. The molecule has 100 valence electrons. The molecule has 0 heterocycles. The number of nitrogens with two attached hydrogens (primary N) is 1. The van der Waals surface area contributed by atoms with E-state index in [4.69, 9.17) is 5.73 Å². The number of amides is 1. The number of nitrogens with one attached hydrogen (secondary N) is 1. The van der Waals surface area contributed by atoms with Crippen LogP contribution in [0.2, 0.25) is 0 Å². The largest absolute Gasteiger partial charge is 0.416 e. The first-order valence-electron chi connectivity index (χ1n) is 5.58. The molecule has 3 nitrogen and oxygen atoms in total. The number of rotatable bonds is 4. The summed E-state index contributed by atoms with van der Waals surface area (Å²) in [5, 5.41) is 2.38. The smallest absolute Gasteiger partial charge is 0.325 e. The van der Waals surface area contributed by atoms with Gasteiger partial charge in [0.15, 0.2) is 0 Å². The molecule has 1 aromatic rings. The van der Waals surface area contributed by atoms with Crippen LogP contribution in [0.5, 0.6) is 0 Å². The van der Waals surface area contributed by atoms with Gasteiger partial charge in [-0.05, 0) is 24.6 Å². The topological polar surface area (TPSA) is 55.1 Å². The molecule has 0 saturated heterocycles. The van der Waals surface area contributed by atoms with Crippen molar-refractivity contribution in [2.45, 2.75) is 32.0 Å². The summed E-state index contributed by atoms with van der Waals surface area (Å²) in [6, 6.07) is 3.76. The zero-order valence-corrected chi connectivity index (χ0v) is 9.92. The van der Waals surface area contributed by atoms with Gasteiger partial charge in [-0.15, -0.1) is 0 Å². The van der Waals surface area contributed by atoms with Crippen LogP contribution in [-0.2, 0) is 11.0 Å². The molecule has 6 heteroatoms. The van der Waals surface area contributed by atoms with E-state index in [-0.39, 0.29) is 5.69 Å². The Morgan fingerprint density at radius 2 is 2.11 bits per heavy atom. The lowest BCUT2D eigenvalue weighted by molar-refractivity contribution is -0.137. The van der Waals surface area contributed by atoms with Crippen LogP contribution in [0.25, 0.3) is 0 Å². The molecule has 0 fully saturated rings. The molecule has 3 N–H and O–H groups in total. The molecule has 1 amide bonds. The molecule has 1 atom stereocenters. The van der Waals surface area contributed by atoms with E-state index in [0.29, 0.717) is 6.42 Å². The number of hydrogen-bond donors (Lipinski definition) is 2. The van der Waals surface area contributed by atoms with Gasteiger partial charge in [0, 0.05) is 5.69 Å². The Kier molecular flexibility index (Phi) is 4.72. The highest BCUT2D eigenvalue weighted by atomic mass is 19.4. The summed E-state index contributed by atoms with van der Waals surface area (Å²) in [7, 11) is 0. The van der Waals surface area contributed by atoms with E-state index in [1.54, 1.807) is 0 Å². The number of alkyl halides is 3. The second kappa shape index (κ2) is 5.86.